The molecule has 0 aliphatic heterocycles. The summed E-state index contributed by atoms with van der Waals surface area (Å²) in [5, 5.41) is 10.7. The Balaban J connectivity index is 1.83. The van der Waals surface area contributed by atoms with Crippen LogP contribution in [0.5, 0.6) is 0 Å². The Hall–Kier alpha value is -2.90. The van der Waals surface area contributed by atoms with Crippen molar-refractivity contribution in [3.05, 3.63) is 72.0 Å². The van der Waals surface area contributed by atoms with Crippen molar-refractivity contribution in [1.29, 1.82) is 0 Å². The van der Waals surface area contributed by atoms with Gasteiger partial charge < -0.3 is 9.52 Å². The second-order valence-corrected chi connectivity index (χ2v) is 4.92. The molecular weight excluding hydrogens is 278 g/mol. The van der Waals surface area contributed by atoms with Crippen LogP contribution in [0.15, 0.2) is 65.1 Å². The number of carbonyl (C=O) groups is 1. The Morgan fingerprint density at radius 1 is 1.36 bits per heavy atom. The fourth-order valence-electron chi connectivity index (χ4n) is 2.19. The Bertz CT molecular complexity index is 792. The first-order valence-corrected chi connectivity index (χ1v) is 6.78. The Kier molecular flexibility index (Phi) is 3.73. The minimum atomic E-state index is -1.39. The summed E-state index contributed by atoms with van der Waals surface area (Å²) in [6.45, 7) is 0. The summed E-state index contributed by atoms with van der Waals surface area (Å²) >= 11 is 0. The van der Waals surface area contributed by atoms with Crippen LogP contribution in [-0.4, -0.2) is 21.5 Å². The molecule has 1 atom stereocenters. The van der Waals surface area contributed by atoms with Crippen LogP contribution in [0.4, 0.5) is 0 Å². The molecule has 22 heavy (non-hydrogen) atoms. The Labute approximate surface area is 127 Å². The Morgan fingerprint density at radius 2 is 2.27 bits per heavy atom. The minimum absolute atomic E-state index is 0.122. The molecule has 1 aliphatic rings. The number of aromatic nitrogens is 1. The molecule has 2 aromatic rings. The van der Waals surface area contributed by atoms with Crippen LogP contribution in [0.25, 0.3) is 6.08 Å². The molecule has 0 amide bonds. The molecule has 3 rings (SSSR count). The van der Waals surface area contributed by atoms with Gasteiger partial charge >= 0.3 is 0 Å². The molecular formula is C18H13NO3. The van der Waals surface area contributed by atoms with Crippen LogP contribution in [0.3, 0.4) is 0 Å². The van der Waals surface area contributed by atoms with Crippen LogP contribution < -0.4 is 0 Å². The lowest BCUT2D eigenvalue weighted by molar-refractivity contribution is -0.111. The second kappa shape index (κ2) is 5.84. The normalized spacial score (nSPS) is 21.9. The number of ketones is 1. The summed E-state index contributed by atoms with van der Waals surface area (Å²) < 4.78 is 5.20. The number of nitrogens with zero attached hydrogens (tertiary/aromatic N) is 1. The van der Waals surface area contributed by atoms with Crippen molar-refractivity contribution in [2.75, 3.05) is 0 Å². The van der Waals surface area contributed by atoms with Gasteiger partial charge in [-0.05, 0) is 42.5 Å². The third kappa shape index (κ3) is 2.90. The van der Waals surface area contributed by atoms with E-state index >= 15 is 0 Å². The minimum Gasteiger partial charge on any atom is -0.465 e. The van der Waals surface area contributed by atoms with Crippen LogP contribution in [0.2, 0.25) is 0 Å². The third-order valence-corrected chi connectivity index (χ3v) is 3.32. The molecule has 2 aromatic heterocycles. The predicted octanol–water partition coefficient (Wildman–Crippen LogP) is 2.37. The highest BCUT2D eigenvalue weighted by Gasteiger charge is 2.36. The quantitative estimate of drug-likeness (QED) is 0.681. The molecule has 2 heterocycles. The average molecular weight is 291 g/mol. The molecule has 1 N–H and O–H groups in total. The van der Waals surface area contributed by atoms with E-state index in [2.05, 4.69) is 16.8 Å². The lowest BCUT2D eigenvalue weighted by atomic mass is 9.92. The average Bonchev–Trinajstić information content (AvgIpc) is 3.13. The third-order valence-electron chi connectivity index (χ3n) is 3.32. The summed E-state index contributed by atoms with van der Waals surface area (Å²) in [6.07, 6.45) is 9.33. The molecule has 1 unspecified atom stereocenters. The highest BCUT2D eigenvalue weighted by Crippen LogP contribution is 2.31. The van der Waals surface area contributed by atoms with E-state index in [-0.39, 0.29) is 17.8 Å². The summed E-state index contributed by atoms with van der Waals surface area (Å²) in [4.78, 5) is 15.9. The van der Waals surface area contributed by atoms with Gasteiger partial charge in [0.05, 0.1) is 6.26 Å². The number of hydrogen-bond donors (Lipinski definition) is 1. The van der Waals surface area contributed by atoms with Crippen LogP contribution in [0.1, 0.15) is 17.7 Å². The number of rotatable bonds is 2. The fraction of sp³-hybridized carbons (Fsp3) is 0.111. The molecule has 0 spiro atoms. The maximum Gasteiger partial charge on any atom is 0.185 e. The van der Waals surface area contributed by atoms with E-state index in [1.165, 1.54) is 18.4 Å². The van der Waals surface area contributed by atoms with Crippen molar-refractivity contribution in [2.45, 2.75) is 12.0 Å². The topological polar surface area (TPSA) is 63.3 Å². The maximum absolute atomic E-state index is 11.9. The van der Waals surface area contributed by atoms with Crippen molar-refractivity contribution in [2.24, 2.45) is 0 Å². The summed E-state index contributed by atoms with van der Waals surface area (Å²) in [6, 6.07) is 7.07. The highest BCUT2D eigenvalue weighted by atomic mass is 16.3. The summed E-state index contributed by atoms with van der Waals surface area (Å²) in [7, 11) is 0. The van der Waals surface area contributed by atoms with Crippen LogP contribution in [0, 0.1) is 11.8 Å². The molecule has 0 radical (unpaired) electrons. The number of allylic oxidation sites excluding steroid dienone is 1. The number of carbonyl (C=O) groups excluding carboxylic acids is 1. The lowest BCUT2D eigenvalue weighted by Crippen LogP contribution is -2.27. The molecule has 4 nitrogen and oxygen atoms in total. The highest BCUT2D eigenvalue weighted by molar-refractivity contribution is 6.11. The molecule has 0 saturated carbocycles. The molecule has 4 heteroatoms. The Morgan fingerprint density at radius 3 is 3.00 bits per heavy atom. The van der Waals surface area contributed by atoms with Gasteiger partial charge in [-0.3, -0.25) is 9.78 Å². The molecule has 108 valence electrons. The number of pyridine rings is 1. The first-order chi connectivity index (χ1) is 10.7. The lowest BCUT2D eigenvalue weighted by Gasteiger charge is -2.19. The van der Waals surface area contributed by atoms with Gasteiger partial charge in [-0.15, -0.1) is 0 Å². The fourth-order valence-corrected chi connectivity index (χ4v) is 2.19. The van der Waals surface area contributed by atoms with E-state index in [4.69, 9.17) is 4.42 Å². The van der Waals surface area contributed by atoms with Gasteiger partial charge in [-0.2, -0.15) is 0 Å². The zero-order valence-corrected chi connectivity index (χ0v) is 11.7. The number of furan rings is 1. The summed E-state index contributed by atoms with van der Waals surface area (Å²) in [5.74, 6) is 6.11. The van der Waals surface area contributed by atoms with Gasteiger partial charge in [0.1, 0.15) is 11.4 Å². The van der Waals surface area contributed by atoms with E-state index in [0.29, 0.717) is 5.76 Å². The largest absolute Gasteiger partial charge is 0.465 e. The zero-order chi connectivity index (χ0) is 15.4. The molecule has 0 fully saturated rings. The molecule has 0 saturated heterocycles. The van der Waals surface area contributed by atoms with Crippen molar-refractivity contribution in [3.8, 4) is 11.8 Å². The van der Waals surface area contributed by atoms with Gasteiger partial charge in [0, 0.05) is 30.0 Å². The molecule has 1 aliphatic carbocycles. The molecule has 0 bridgehead atoms. The van der Waals surface area contributed by atoms with Gasteiger partial charge in [0.25, 0.3) is 0 Å². The summed E-state index contributed by atoms with van der Waals surface area (Å²) in [5.41, 5.74) is -0.363. The van der Waals surface area contributed by atoms with Crippen LogP contribution in [-0.2, 0) is 4.79 Å². The van der Waals surface area contributed by atoms with E-state index in [9.17, 15) is 9.90 Å². The second-order valence-electron chi connectivity index (χ2n) is 4.92. The van der Waals surface area contributed by atoms with Crippen LogP contribution >= 0.6 is 0 Å². The van der Waals surface area contributed by atoms with E-state index in [1.54, 1.807) is 36.7 Å². The predicted molar refractivity (Wildman–Crippen MR) is 81.5 cm³/mol. The number of aliphatic hydroxyl groups is 1. The standard InChI is InChI=1S/C18H13NO3/c20-17-7-9-18(21,16(17)12-15-6-3-11-22-15)8-1-4-14-5-2-10-19-13-14/h2-3,5-7,9-13,21H,8H2/b16-12-. The van der Waals surface area contributed by atoms with E-state index < -0.39 is 5.60 Å². The monoisotopic (exact) mass is 291 g/mol. The first kappa shape index (κ1) is 14.1. The van der Waals surface area contributed by atoms with Gasteiger partial charge in [-0.1, -0.05) is 11.8 Å². The van der Waals surface area contributed by atoms with Gasteiger partial charge in [-0.25, -0.2) is 0 Å². The van der Waals surface area contributed by atoms with E-state index in [0.717, 1.165) is 5.56 Å². The van der Waals surface area contributed by atoms with Crippen molar-refractivity contribution < 1.29 is 14.3 Å². The van der Waals surface area contributed by atoms with Crippen molar-refractivity contribution >= 4 is 11.9 Å². The zero-order valence-electron chi connectivity index (χ0n) is 11.7. The smallest absolute Gasteiger partial charge is 0.185 e. The SMILES string of the molecule is O=C1C=CC(O)(CC#Cc2cccnc2)/C1=C\c1ccco1. The van der Waals surface area contributed by atoms with Crippen molar-refractivity contribution in [1.82, 2.24) is 4.98 Å². The van der Waals surface area contributed by atoms with Gasteiger partial charge in [0.2, 0.25) is 0 Å². The van der Waals surface area contributed by atoms with Gasteiger partial charge in [0.15, 0.2) is 5.78 Å². The molecule has 0 aromatic carbocycles. The van der Waals surface area contributed by atoms with Crippen molar-refractivity contribution in [3.63, 3.8) is 0 Å². The number of hydrogen-bond acceptors (Lipinski definition) is 4. The van der Waals surface area contributed by atoms with E-state index in [1.807, 2.05) is 6.07 Å². The maximum atomic E-state index is 11.9. The first-order valence-electron chi connectivity index (χ1n) is 6.78.